The predicted octanol–water partition coefficient (Wildman–Crippen LogP) is 1.77. The van der Waals surface area contributed by atoms with E-state index in [0.717, 1.165) is 19.5 Å². The molecule has 0 atom stereocenters. The predicted molar refractivity (Wildman–Crippen MR) is 51.3 cm³/mol. The summed E-state index contributed by atoms with van der Waals surface area (Å²) in [6, 6.07) is 6.05. The van der Waals surface area contributed by atoms with Gasteiger partial charge < -0.3 is 4.57 Å². The van der Waals surface area contributed by atoms with Crippen LogP contribution in [0.3, 0.4) is 0 Å². The number of nitrogens with zero attached hydrogens (tertiary/aromatic N) is 3. The van der Waals surface area contributed by atoms with Crippen LogP contribution in [-0.2, 0) is 13.1 Å². The Morgan fingerprint density at radius 3 is 2.46 bits per heavy atom. The molecule has 0 saturated heterocycles. The van der Waals surface area contributed by atoms with Crippen LogP contribution in [0.4, 0.5) is 0 Å². The van der Waals surface area contributed by atoms with E-state index in [0.29, 0.717) is 0 Å². The lowest BCUT2D eigenvalue weighted by Crippen LogP contribution is -2.02. The van der Waals surface area contributed by atoms with Crippen molar-refractivity contribution in [1.82, 2.24) is 14.3 Å². The summed E-state index contributed by atoms with van der Waals surface area (Å²) in [5.41, 5.74) is 0. The van der Waals surface area contributed by atoms with Gasteiger partial charge in [0.05, 0.1) is 0 Å². The quantitative estimate of drug-likeness (QED) is 0.694. The molecule has 68 valence electrons. The zero-order chi connectivity index (χ0) is 8.93. The molecule has 3 nitrogen and oxygen atoms in total. The van der Waals surface area contributed by atoms with Crippen LogP contribution >= 0.6 is 0 Å². The Kier molecular flexibility index (Phi) is 2.45. The van der Waals surface area contributed by atoms with Gasteiger partial charge in [-0.25, -0.2) is 0 Å². The second kappa shape index (κ2) is 3.94. The number of hydrogen-bond donors (Lipinski definition) is 0. The van der Waals surface area contributed by atoms with Gasteiger partial charge in [0.2, 0.25) is 0 Å². The monoisotopic (exact) mass is 175 g/mol. The third kappa shape index (κ3) is 2.21. The van der Waals surface area contributed by atoms with Gasteiger partial charge in [-0.3, -0.25) is 4.68 Å². The summed E-state index contributed by atoms with van der Waals surface area (Å²) < 4.78 is 4.15. The Bertz CT molecular complexity index is 287. The summed E-state index contributed by atoms with van der Waals surface area (Å²) in [6.45, 7) is 2.05. The molecule has 0 saturated carbocycles. The zero-order valence-corrected chi connectivity index (χ0v) is 7.50. The van der Waals surface area contributed by atoms with Gasteiger partial charge in [-0.05, 0) is 24.6 Å². The van der Waals surface area contributed by atoms with Crippen LogP contribution in [0.5, 0.6) is 0 Å². The Hall–Kier alpha value is -1.51. The number of hydrogen-bond acceptors (Lipinski definition) is 1. The first-order chi connectivity index (χ1) is 6.45. The fraction of sp³-hybridized carbons (Fsp3) is 0.300. The molecule has 0 spiro atoms. The first-order valence-electron chi connectivity index (χ1n) is 4.53. The summed E-state index contributed by atoms with van der Waals surface area (Å²) in [5, 5.41) is 4.14. The van der Waals surface area contributed by atoms with Crippen molar-refractivity contribution < 1.29 is 0 Å². The summed E-state index contributed by atoms with van der Waals surface area (Å²) in [5.74, 6) is 0. The minimum absolute atomic E-state index is 0.991. The molecule has 0 unspecified atom stereocenters. The fourth-order valence-corrected chi connectivity index (χ4v) is 1.37. The number of aryl methyl sites for hydroxylation is 2. The van der Waals surface area contributed by atoms with Crippen LogP contribution in [0, 0.1) is 0 Å². The lowest BCUT2D eigenvalue weighted by molar-refractivity contribution is 0.528. The summed E-state index contributed by atoms with van der Waals surface area (Å²) in [7, 11) is 0. The van der Waals surface area contributed by atoms with E-state index < -0.39 is 0 Å². The molecular weight excluding hydrogens is 162 g/mol. The summed E-state index contributed by atoms with van der Waals surface area (Å²) in [6.07, 6.45) is 9.11. The van der Waals surface area contributed by atoms with Crippen LogP contribution in [0.15, 0.2) is 43.0 Å². The molecule has 0 fully saturated rings. The molecule has 0 radical (unpaired) electrons. The first-order valence-corrected chi connectivity index (χ1v) is 4.53. The molecule has 0 bridgehead atoms. The van der Waals surface area contributed by atoms with Crippen LogP contribution in [0.1, 0.15) is 6.42 Å². The first kappa shape index (κ1) is 8.10. The molecule has 0 aliphatic heterocycles. The molecule has 3 heteroatoms. The average molecular weight is 175 g/mol. The highest BCUT2D eigenvalue weighted by atomic mass is 15.3. The van der Waals surface area contributed by atoms with Crippen molar-refractivity contribution in [1.29, 1.82) is 0 Å². The molecule has 2 aromatic rings. The maximum atomic E-state index is 4.14. The van der Waals surface area contributed by atoms with Crippen molar-refractivity contribution >= 4 is 0 Å². The van der Waals surface area contributed by atoms with Gasteiger partial charge in [0.25, 0.3) is 0 Å². The molecule has 0 amide bonds. The van der Waals surface area contributed by atoms with E-state index >= 15 is 0 Å². The van der Waals surface area contributed by atoms with Gasteiger partial charge in [0, 0.05) is 37.9 Å². The fourth-order valence-electron chi connectivity index (χ4n) is 1.37. The highest BCUT2D eigenvalue weighted by molar-refractivity contribution is 4.90. The maximum Gasteiger partial charge on any atom is 0.0489 e. The smallest absolute Gasteiger partial charge is 0.0489 e. The SMILES string of the molecule is c1ccn(CCCn2cccn2)c1. The Labute approximate surface area is 77.6 Å². The molecule has 2 rings (SSSR count). The van der Waals surface area contributed by atoms with Crippen LogP contribution < -0.4 is 0 Å². The van der Waals surface area contributed by atoms with Crippen LogP contribution in [0.25, 0.3) is 0 Å². The molecular formula is C10H13N3. The third-order valence-electron chi connectivity index (χ3n) is 2.03. The molecule has 2 aromatic heterocycles. The molecule has 13 heavy (non-hydrogen) atoms. The van der Waals surface area contributed by atoms with E-state index in [-0.39, 0.29) is 0 Å². The van der Waals surface area contributed by atoms with Gasteiger partial charge in [-0.15, -0.1) is 0 Å². The summed E-state index contributed by atoms with van der Waals surface area (Å²) >= 11 is 0. The van der Waals surface area contributed by atoms with Crippen molar-refractivity contribution in [3.05, 3.63) is 43.0 Å². The Balaban J connectivity index is 1.76. The van der Waals surface area contributed by atoms with Gasteiger partial charge in [0.15, 0.2) is 0 Å². The van der Waals surface area contributed by atoms with Crippen molar-refractivity contribution in [2.45, 2.75) is 19.5 Å². The lowest BCUT2D eigenvalue weighted by atomic mass is 10.4. The number of aromatic nitrogens is 3. The van der Waals surface area contributed by atoms with Gasteiger partial charge in [-0.1, -0.05) is 0 Å². The van der Waals surface area contributed by atoms with Gasteiger partial charge in [0.1, 0.15) is 0 Å². The highest BCUT2D eigenvalue weighted by Crippen LogP contribution is 1.95. The minimum atomic E-state index is 0.991. The van der Waals surface area contributed by atoms with Crippen molar-refractivity contribution in [3.63, 3.8) is 0 Å². The molecule has 0 aliphatic rings. The standard InChI is InChI=1S/C10H13N3/c1-2-7-12(6-1)8-4-10-13-9-3-5-11-13/h1-3,5-7,9H,4,8,10H2. The van der Waals surface area contributed by atoms with Gasteiger partial charge in [-0.2, -0.15) is 5.10 Å². The van der Waals surface area contributed by atoms with Crippen molar-refractivity contribution in [2.75, 3.05) is 0 Å². The second-order valence-corrected chi connectivity index (χ2v) is 3.04. The van der Waals surface area contributed by atoms with E-state index in [9.17, 15) is 0 Å². The highest BCUT2D eigenvalue weighted by Gasteiger charge is 1.91. The van der Waals surface area contributed by atoms with Crippen LogP contribution in [-0.4, -0.2) is 14.3 Å². The van der Waals surface area contributed by atoms with Gasteiger partial charge >= 0.3 is 0 Å². The van der Waals surface area contributed by atoms with Crippen molar-refractivity contribution in [2.24, 2.45) is 0 Å². The van der Waals surface area contributed by atoms with E-state index in [1.54, 1.807) is 0 Å². The van der Waals surface area contributed by atoms with E-state index in [4.69, 9.17) is 0 Å². The van der Waals surface area contributed by atoms with E-state index in [1.165, 1.54) is 0 Å². The van der Waals surface area contributed by atoms with E-state index in [2.05, 4.69) is 22.1 Å². The maximum absolute atomic E-state index is 4.14. The number of rotatable bonds is 4. The zero-order valence-electron chi connectivity index (χ0n) is 7.50. The van der Waals surface area contributed by atoms with Crippen LogP contribution in [0.2, 0.25) is 0 Å². The molecule has 0 aliphatic carbocycles. The summed E-state index contributed by atoms with van der Waals surface area (Å²) in [4.78, 5) is 0. The normalized spacial score (nSPS) is 10.5. The Morgan fingerprint density at radius 1 is 0.923 bits per heavy atom. The van der Waals surface area contributed by atoms with E-state index in [1.807, 2.05) is 35.3 Å². The molecule has 2 heterocycles. The second-order valence-electron chi connectivity index (χ2n) is 3.04. The average Bonchev–Trinajstić information content (AvgIpc) is 2.75. The minimum Gasteiger partial charge on any atom is -0.354 e. The Morgan fingerprint density at radius 2 is 1.77 bits per heavy atom. The lowest BCUT2D eigenvalue weighted by Gasteiger charge is -2.02. The topological polar surface area (TPSA) is 22.8 Å². The largest absolute Gasteiger partial charge is 0.354 e. The molecule has 0 N–H and O–H groups in total. The third-order valence-corrected chi connectivity index (χ3v) is 2.03. The molecule has 0 aromatic carbocycles. The van der Waals surface area contributed by atoms with Crippen molar-refractivity contribution in [3.8, 4) is 0 Å².